The van der Waals surface area contributed by atoms with E-state index in [0.717, 1.165) is 9.87 Å². The third-order valence-electron chi connectivity index (χ3n) is 3.93. The van der Waals surface area contributed by atoms with Gasteiger partial charge in [-0.1, -0.05) is 41.4 Å². The molecule has 0 heterocycles. The number of para-hydroxylation sites is 1. The van der Waals surface area contributed by atoms with Crippen LogP contribution in [0.1, 0.15) is 18.5 Å². The van der Waals surface area contributed by atoms with Crippen molar-refractivity contribution in [2.24, 2.45) is 0 Å². The van der Waals surface area contributed by atoms with Crippen molar-refractivity contribution in [3.8, 4) is 5.75 Å². The highest BCUT2D eigenvalue weighted by Crippen LogP contribution is 2.27. The van der Waals surface area contributed by atoms with Crippen LogP contribution in [0.2, 0.25) is 10.0 Å². The number of benzene rings is 2. The Hall–Kier alpha value is -1.80. The van der Waals surface area contributed by atoms with Crippen LogP contribution >= 0.6 is 23.2 Å². The maximum atomic E-state index is 12.7. The van der Waals surface area contributed by atoms with Gasteiger partial charge >= 0.3 is 0 Å². The average molecular weight is 431 g/mol. The highest BCUT2D eigenvalue weighted by Gasteiger charge is 2.26. The van der Waals surface area contributed by atoms with E-state index in [9.17, 15) is 13.2 Å². The molecule has 1 amide bonds. The van der Waals surface area contributed by atoms with Crippen LogP contribution in [0.25, 0.3) is 0 Å². The van der Waals surface area contributed by atoms with Crippen LogP contribution in [0.15, 0.2) is 47.4 Å². The zero-order chi connectivity index (χ0) is 20.2. The van der Waals surface area contributed by atoms with Crippen molar-refractivity contribution in [3.63, 3.8) is 0 Å². The Kier molecular flexibility index (Phi) is 7.11. The van der Waals surface area contributed by atoms with Gasteiger partial charge in [-0.2, -0.15) is 4.31 Å². The molecule has 0 aliphatic heterocycles. The number of methoxy groups -OCH3 is 1. The van der Waals surface area contributed by atoms with Crippen molar-refractivity contribution in [1.82, 2.24) is 9.62 Å². The first-order valence-electron chi connectivity index (χ1n) is 8.00. The topological polar surface area (TPSA) is 75.7 Å². The van der Waals surface area contributed by atoms with E-state index in [1.54, 1.807) is 20.1 Å². The molecule has 2 aromatic carbocycles. The number of halogens is 2. The summed E-state index contributed by atoms with van der Waals surface area (Å²) in [5.41, 5.74) is 0.789. The SMILES string of the molecule is COc1ccccc1C(C)NC(=O)CN(C)S(=O)(=O)c1cc(Cl)ccc1Cl. The number of likely N-dealkylation sites (N-methyl/N-ethyl adjacent to an activating group) is 1. The number of carbonyl (C=O) groups is 1. The highest BCUT2D eigenvalue weighted by atomic mass is 35.5. The average Bonchev–Trinajstić information content (AvgIpc) is 2.63. The summed E-state index contributed by atoms with van der Waals surface area (Å²) in [6.45, 7) is 1.42. The van der Waals surface area contributed by atoms with Crippen LogP contribution < -0.4 is 10.1 Å². The summed E-state index contributed by atoms with van der Waals surface area (Å²) < 4.78 is 31.6. The van der Waals surface area contributed by atoms with Crippen LogP contribution in [0.3, 0.4) is 0 Å². The number of nitrogens with zero attached hydrogens (tertiary/aromatic N) is 1. The predicted octanol–water partition coefficient (Wildman–Crippen LogP) is 3.50. The maximum Gasteiger partial charge on any atom is 0.244 e. The molecule has 146 valence electrons. The van der Waals surface area contributed by atoms with E-state index in [4.69, 9.17) is 27.9 Å². The normalized spacial score (nSPS) is 12.7. The lowest BCUT2D eigenvalue weighted by Crippen LogP contribution is -2.39. The molecular weight excluding hydrogens is 411 g/mol. The number of nitrogens with one attached hydrogen (secondary N) is 1. The second-order valence-corrected chi connectivity index (χ2v) is 8.72. The lowest BCUT2D eigenvalue weighted by Gasteiger charge is -2.21. The first-order chi connectivity index (χ1) is 12.7. The van der Waals surface area contributed by atoms with Crippen LogP contribution in [0.4, 0.5) is 0 Å². The van der Waals surface area contributed by atoms with Gasteiger partial charge < -0.3 is 10.1 Å². The Morgan fingerprint density at radius 2 is 1.89 bits per heavy atom. The zero-order valence-electron chi connectivity index (χ0n) is 15.1. The molecule has 0 aliphatic rings. The van der Waals surface area contributed by atoms with E-state index in [2.05, 4.69) is 5.32 Å². The quantitative estimate of drug-likeness (QED) is 0.728. The van der Waals surface area contributed by atoms with Crippen molar-refractivity contribution < 1.29 is 17.9 Å². The lowest BCUT2D eigenvalue weighted by atomic mass is 10.1. The molecule has 0 bridgehead atoms. The molecule has 1 atom stereocenters. The third kappa shape index (κ3) is 5.13. The van der Waals surface area contributed by atoms with Crippen LogP contribution in [-0.4, -0.2) is 39.3 Å². The van der Waals surface area contributed by atoms with Gasteiger partial charge in [-0.25, -0.2) is 8.42 Å². The number of amides is 1. The molecule has 0 radical (unpaired) electrons. The van der Waals surface area contributed by atoms with Gasteiger partial charge in [0.15, 0.2) is 0 Å². The number of hydrogen-bond donors (Lipinski definition) is 1. The number of hydrogen-bond acceptors (Lipinski definition) is 4. The highest BCUT2D eigenvalue weighted by molar-refractivity contribution is 7.89. The van der Waals surface area contributed by atoms with Gasteiger partial charge in [-0.15, -0.1) is 0 Å². The molecule has 0 aliphatic carbocycles. The Balaban J connectivity index is 2.11. The van der Waals surface area contributed by atoms with Gasteiger partial charge in [0, 0.05) is 17.6 Å². The minimum atomic E-state index is -3.97. The van der Waals surface area contributed by atoms with Crippen molar-refractivity contribution >= 4 is 39.1 Å². The van der Waals surface area contributed by atoms with Gasteiger partial charge in [0.05, 0.1) is 24.7 Å². The lowest BCUT2D eigenvalue weighted by molar-refractivity contribution is -0.121. The van der Waals surface area contributed by atoms with E-state index >= 15 is 0 Å². The van der Waals surface area contributed by atoms with Crippen LogP contribution in [-0.2, 0) is 14.8 Å². The smallest absolute Gasteiger partial charge is 0.244 e. The second-order valence-electron chi connectivity index (χ2n) is 5.87. The van der Waals surface area contributed by atoms with Gasteiger partial charge in [0.2, 0.25) is 15.9 Å². The molecule has 2 rings (SSSR count). The molecule has 0 fully saturated rings. The fourth-order valence-electron chi connectivity index (χ4n) is 2.52. The number of sulfonamides is 1. The summed E-state index contributed by atoms with van der Waals surface area (Å²) >= 11 is 11.8. The van der Waals surface area contributed by atoms with Gasteiger partial charge in [0.1, 0.15) is 10.6 Å². The standard InChI is InChI=1S/C18H20Cl2N2O4S/c1-12(14-6-4-5-7-16(14)26-3)21-18(23)11-22(2)27(24,25)17-10-13(19)8-9-15(17)20/h4-10,12H,11H2,1-3H3,(H,21,23). The fraction of sp³-hybridized carbons (Fsp3) is 0.278. The van der Waals surface area contributed by atoms with Crippen LogP contribution in [0.5, 0.6) is 5.75 Å². The van der Waals surface area contributed by atoms with E-state index in [1.165, 1.54) is 25.2 Å². The van der Waals surface area contributed by atoms with Crippen molar-refractivity contribution in [3.05, 3.63) is 58.1 Å². The first-order valence-corrected chi connectivity index (χ1v) is 10.2. The first kappa shape index (κ1) is 21.5. The van der Waals surface area contributed by atoms with Gasteiger partial charge in [-0.05, 0) is 31.2 Å². The molecule has 0 saturated carbocycles. The molecule has 1 unspecified atom stereocenters. The summed E-state index contributed by atoms with van der Waals surface area (Å²) in [5, 5.41) is 3.04. The summed E-state index contributed by atoms with van der Waals surface area (Å²) in [4.78, 5) is 12.2. The predicted molar refractivity (Wildman–Crippen MR) is 106 cm³/mol. The third-order valence-corrected chi connectivity index (χ3v) is 6.45. The molecule has 2 aromatic rings. The largest absolute Gasteiger partial charge is 0.496 e. The van der Waals surface area contributed by atoms with Crippen molar-refractivity contribution in [2.75, 3.05) is 20.7 Å². The van der Waals surface area contributed by atoms with Crippen LogP contribution in [0, 0.1) is 0 Å². The van der Waals surface area contributed by atoms with Crippen molar-refractivity contribution in [2.45, 2.75) is 17.9 Å². The van der Waals surface area contributed by atoms with E-state index in [0.29, 0.717) is 5.75 Å². The van der Waals surface area contributed by atoms with E-state index in [1.807, 2.05) is 18.2 Å². The summed E-state index contributed by atoms with van der Waals surface area (Å²) in [5.74, 6) is 0.176. The Labute approximate surface area is 169 Å². The molecule has 27 heavy (non-hydrogen) atoms. The monoisotopic (exact) mass is 430 g/mol. The Morgan fingerprint density at radius 3 is 2.56 bits per heavy atom. The molecule has 0 aromatic heterocycles. The minimum absolute atomic E-state index is 0.0362. The molecular formula is C18H20Cl2N2O4S. The molecule has 0 saturated heterocycles. The summed E-state index contributed by atoms with van der Waals surface area (Å²) in [7, 11) is -1.12. The fourth-order valence-corrected chi connectivity index (χ4v) is 4.38. The van der Waals surface area contributed by atoms with Crippen molar-refractivity contribution in [1.29, 1.82) is 0 Å². The van der Waals surface area contributed by atoms with Gasteiger partial charge in [-0.3, -0.25) is 4.79 Å². The molecule has 1 N–H and O–H groups in total. The molecule has 0 spiro atoms. The summed E-state index contributed by atoms with van der Waals surface area (Å²) in [6.07, 6.45) is 0. The zero-order valence-corrected chi connectivity index (χ0v) is 17.4. The Bertz CT molecular complexity index is 935. The number of ether oxygens (including phenoxy) is 1. The van der Waals surface area contributed by atoms with E-state index in [-0.39, 0.29) is 27.5 Å². The van der Waals surface area contributed by atoms with E-state index < -0.39 is 15.9 Å². The number of carbonyl (C=O) groups excluding carboxylic acids is 1. The number of rotatable bonds is 7. The Morgan fingerprint density at radius 1 is 1.22 bits per heavy atom. The minimum Gasteiger partial charge on any atom is -0.496 e. The molecule has 6 nitrogen and oxygen atoms in total. The van der Waals surface area contributed by atoms with Gasteiger partial charge in [0.25, 0.3) is 0 Å². The summed E-state index contributed by atoms with van der Waals surface area (Å²) in [6, 6.07) is 11.1. The maximum absolute atomic E-state index is 12.7. The molecule has 9 heteroatoms. The second kappa shape index (κ2) is 8.93.